The van der Waals surface area contributed by atoms with E-state index in [0.717, 1.165) is 12.0 Å². The van der Waals surface area contributed by atoms with E-state index in [1.807, 2.05) is 42.5 Å². The lowest BCUT2D eigenvalue weighted by Gasteiger charge is -2.08. The van der Waals surface area contributed by atoms with Crippen molar-refractivity contribution in [3.05, 3.63) is 78.0 Å². The molecule has 3 rings (SSSR count). The molecule has 3 heteroatoms. The van der Waals surface area contributed by atoms with Gasteiger partial charge in [0.15, 0.2) is 0 Å². The molecule has 0 saturated heterocycles. The lowest BCUT2D eigenvalue weighted by Crippen LogP contribution is -1.93. The zero-order valence-corrected chi connectivity index (χ0v) is 11.4. The molecule has 0 aliphatic rings. The summed E-state index contributed by atoms with van der Waals surface area (Å²) in [6.45, 7) is 3.68. The maximum absolute atomic E-state index is 10.1. The topological polar surface area (TPSA) is 56.9 Å². The third-order valence-electron chi connectivity index (χ3n) is 3.47. The second kappa shape index (κ2) is 5.26. The molecule has 2 aromatic carbocycles. The van der Waals surface area contributed by atoms with Gasteiger partial charge in [-0.2, -0.15) is 5.26 Å². The van der Waals surface area contributed by atoms with E-state index in [1.165, 1.54) is 5.56 Å². The molecule has 0 saturated carbocycles. The molecule has 0 amide bonds. The van der Waals surface area contributed by atoms with Crippen LogP contribution in [0.25, 0.3) is 10.8 Å². The van der Waals surface area contributed by atoms with E-state index in [2.05, 4.69) is 24.0 Å². The first-order valence-corrected chi connectivity index (χ1v) is 6.60. The van der Waals surface area contributed by atoms with Crippen molar-refractivity contribution in [3.63, 3.8) is 0 Å². The number of hydrogen-bond acceptors (Lipinski definition) is 3. The first-order valence-electron chi connectivity index (χ1n) is 6.60. The maximum atomic E-state index is 10.1. The Balaban J connectivity index is 2.12. The van der Waals surface area contributed by atoms with Crippen molar-refractivity contribution in [1.29, 1.82) is 5.26 Å². The lowest BCUT2D eigenvalue weighted by atomic mass is 10.00. The monoisotopic (exact) mass is 273 g/mol. The van der Waals surface area contributed by atoms with Crippen molar-refractivity contribution in [2.24, 2.45) is 0 Å². The van der Waals surface area contributed by atoms with E-state index in [4.69, 9.17) is 5.26 Å². The molecule has 21 heavy (non-hydrogen) atoms. The lowest BCUT2D eigenvalue weighted by molar-refractivity contribution is 0.476. The molecule has 1 radical (unpaired) electrons. The van der Waals surface area contributed by atoms with Crippen molar-refractivity contribution >= 4 is 10.8 Å². The number of nitriles is 1. The van der Waals surface area contributed by atoms with Gasteiger partial charge in [-0.3, -0.25) is 0 Å². The molecule has 0 aliphatic heterocycles. The Kier molecular flexibility index (Phi) is 3.29. The van der Waals surface area contributed by atoms with Crippen LogP contribution in [-0.2, 0) is 6.42 Å². The van der Waals surface area contributed by atoms with Crippen LogP contribution in [0.5, 0.6) is 5.75 Å². The van der Waals surface area contributed by atoms with Gasteiger partial charge in [0.1, 0.15) is 17.5 Å². The van der Waals surface area contributed by atoms with Gasteiger partial charge in [0.05, 0.1) is 5.69 Å². The maximum Gasteiger partial charge on any atom is 0.148 e. The molecule has 3 aromatic rings. The van der Waals surface area contributed by atoms with Gasteiger partial charge >= 0.3 is 0 Å². The Morgan fingerprint density at radius 1 is 1.05 bits per heavy atom. The highest BCUT2D eigenvalue weighted by Crippen LogP contribution is 2.30. The number of fused-ring (bicyclic) bond motifs is 1. The molecule has 1 N–H and O–H groups in total. The summed E-state index contributed by atoms with van der Waals surface area (Å²) in [5.74, 6) is 0.0407. The van der Waals surface area contributed by atoms with E-state index in [-0.39, 0.29) is 11.4 Å². The Hall–Kier alpha value is -2.86. The summed E-state index contributed by atoms with van der Waals surface area (Å²) >= 11 is 0. The molecule has 1 aromatic heterocycles. The average molecular weight is 273 g/mol. The molecule has 0 atom stereocenters. The average Bonchev–Trinajstić information content (AvgIpc) is 2.52. The van der Waals surface area contributed by atoms with Crippen molar-refractivity contribution in [2.75, 3.05) is 0 Å². The molecular weight excluding hydrogens is 260 g/mol. The first kappa shape index (κ1) is 13.1. The molecule has 0 aliphatic carbocycles. The van der Waals surface area contributed by atoms with Crippen LogP contribution >= 0.6 is 0 Å². The Bertz CT molecular complexity index is 848. The minimum Gasteiger partial charge on any atom is -0.505 e. The fourth-order valence-corrected chi connectivity index (χ4v) is 2.42. The van der Waals surface area contributed by atoms with Crippen LogP contribution in [-0.4, -0.2) is 10.1 Å². The predicted octanol–water partition coefficient (Wildman–Crippen LogP) is 3.59. The van der Waals surface area contributed by atoms with E-state index < -0.39 is 0 Å². The van der Waals surface area contributed by atoms with Crippen LogP contribution in [0.2, 0.25) is 0 Å². The fourth-order valence-electron chi connectivity index (χ4n) is 2.42. The normalized spacial score (nSPS) is 10.5. The molecule has 0 unspecified atom stereocenters. The van der Waals surface area contributed by atoms with Crippen LogP contribution in [0.15, 0.2) is 48.5 Å². The fraction of sp³-hybridized carbons (Fsp3) is 0.0556. The van der Waals surface area contributed by atoms with Gasteiger partial charge < -0.3 is 5.11 Å². The van der Waals surface area contributed by atoms with Crippen molar-refractivity contribution in [3.8, 4) is 11.8 Å². The van der Waals surface area contributed by atoms with E-state index in [0.29, 0.717) is 16.5 Å². The number of pyridine rings is 1. The highest BCUT2D eigenvalue weighted by Gasteiger charge is 2.11. The van der Waals surface area contributed by atoms with E-state index in [1.54, 1.807) is 0 Å². The van der Waals surface area contributed by atoms with Crippen molar-refractivity contribution < 1.29 is 5.11 Å². The Morgan fingerprint density at radius 2 is 1.81 bits per heavy atom. The summed E-state index contributed by atoms with van der Waals surface area (Å²) < 4.78 is 0. The zero-order valence-electron chi connectivity index (χ0n) is 11.4. The van der Waals surface area contributed by atoms with Crippen LogP contribution in [0.1, 0.15) is 22.5 Å². The van der Waals surface area contributed by atoms with E-state index in [9.17, 15) is 5.11 Å². The number of aromatic hydroxyl groups is 1. The van der Waals surface area contributed by atoms with Gasteiger partial charge in [-0.15, -0.1) is 0 Å². The largest absolute Gasteiger partial charge is 0.505 e. The van der Waals surface area contributed by atoms with Crippen LogP contribution in [0.3, 0.4) is 0 Å². The van der Waals surface area contributed by atoms with Crippen molar-refractivity contribution in [1.82, 2.24) is 4.98 Å². The van der Waals surface area contributed by atoms with Crippen LogP contribution in [0, 0.1) is 18.3 Å². The number of nitrogens with zero attached hydrogens (tertiary/aromatic N) is 2. The number of rotatable bonds is 2. The molecular formula is C18H13N2O. The number of hydrogen-bond donors (Lipinski definition) is 1. The standard InChI is InChI=1S/C18H13N2O/c1-12-18(21)16-10-14(9-13-5-3-2-4-6-13)7-8-15(16)17(11-19)20-12/h2-8,10,21H,1,9H2. The summed E-state index contributed by atoms with van der Waals surface area (Å²) in [5.41, 5.74) is 2.79. The number of aromatic nitrogens is 1. The van der Waals surface area contributed by atoms with E-state index >= 15 is 0 Å². The second-order valence-electron chi connectivity index (χ2n) is 4.91. The van der Waals surface area contributed by atoms with Gasteiger partial charge in [0.25, 0.3) is 0 Å². The smallest absolute Gasteiger partial charge is 0.148 e. The quantitative estimate of drug-likeness (QED) is 0.776. The summed E-state index contributed by atoms with van der Waals surface area (Å²) in [6, 6.07) is 17.8. The summed E-state index contributed by atoms with van der Waals surface area (Å²) in [7, 11) is 0. The zero-order chi connectivity index (χ0) is 14.8. The molecule has 3 nitrogen and oxygen atoms in total. The highest BCUT2D eigenvalue weighted by molar-refractivity contribution is 5.92. The van der Waals surface area contributed by atoms with Crippen molar-refractivity contribution in [2.45, 2.75) is 6.42 Å². The molecule has 0 fully saturated rings. The minimum absolute atomic E-state index is 0.0407. The Labute approximate surface area is 123 Å². The van der Waals surface area contributed by atoms with Gasteiger partial charge in [-0.05, 0) is 30.5 Å². The van der Waals surface area contributed by atoms with Gasteiger partial charge in [0.2, 0.25) is 0 Å². The third-order valence-corrected chi connectivity index (χ3v) is 3.47. The molecule has 0 bridgehead atoms. The first-order chi connectivity index (χ1) is 10.2. The number of benzene rings is 2. The van der Waals surface area contributed by atoms with Gasteiger partial charge in [-0.1, -0.05) is 42.5 Å². The van der Waals surface area contributed by atoms with Crippen LogP contribution in [0.4, 0.5) is 0 Å². The Morgan fingerprint density at radius 3 is 2.52 bits per heavy atom. The molecule has 0 spiro atoms. The third kappa shape index (κ3) is 2.44. The molecule has 101 valence electrons. The molecule has 1 heterocycles. The predicted molar refractivity (Wildman–Crippen MR) is 81.8 cm³/mol. The summed E-state index contributed by atoms with van der Waals surface area (Å²) in [6.07, 6.45) is 0.771. The highest BCUT2D eigenvalue weighted by atomic mass is 16.3. The van der Waals surface area contributed by atoms with Gasteiger partial charge in [0, 0.05) is 10.8 Å². The summed E-state index contributed by atoms with van der Waals surface area (Å²) in [4.78, 5) is 4.01. The van der Waals surface area contributed by atoms with Crippen LogP contribution < -0.4 is 0 Å². The second-order valence-corrected chi connectivity index (χ2v) is 4.91. The summed E-state index contributed by atoms with van der Waals surface area (Å²) in [5, 5.41) is 20.5. The minimum atomic E-state index is 0.0407. The van der Waals surface area contributed by atoms with Gasteiger partial charge in [-0.25, -0.2) is 4.98 Å². The SMILES string of the molecule is [CH2]c1nc(C#N)c2ccc(Cc3ccccc3)cc2c1O.